The van der Waals surface area contributed by atoms with E-state index >= 15 is 0 Å². The van der Waals surface area contributed by atoms with Crippen molar-refractivity contribution >= 4 is 16.7 Å². The Kier molecular flexibility index (Phi) is 5.17. The molecular formula is C15H19N3O5. The van der Waals surface area contributed by atoms with Crippen molar-refractivity contribution in [2.75, 3.05) is 20.8 Å². The molecule has 1 aromatic heterocycles. The first-order chi connectivity index (χ1) is 11.0. The molecule has 2 aromatic rings. The largest absolute Gasteiger partial charge is 0.493 e. The zero-order chi connectivity index (χ0) is 17.0. The summed E-state index contributed by atoms with van der Waals surface area (Å²) in [6.45, 7) is 1.22. The molecule has 1 atom stereocenters. The SMILES string of the molecule is COc1ccc2cnn(CC(=O)N[C@@H](C)CO)c(=O)c2c1OC. The van der Waals surface area contributed by atoms with E-state index in [0.29, 0.717) is 22.3 Å². The highest BCUT2D eigenvalue weighted by Crippen LogP contribution is 2.32. The van der Waals surface area contributed by atoms with Crippen molar-refractivity contribution < 1.29 is 19.4 Å². The van der Waals surface area contributed by atoms with Gasteiger partial charge in [-0.2, -0.15) is 5.10 Å². The third-order valence-corrected chi connectivity index (χ3v) is 3.34. The third kappa shape index (κ3) is 3.42. The molecule has 0 saturated heterocycles. The van der Waals surface area contributed by atoms with Gasteiger partial charge < -0.3 is 19.9 Å². The lowest BCUT2D eigenvalue weighted by molar-refractivity contribution is -0.122. The molecule has 2 N–H and O–H groups in total. The molecule has 23 heavy (non-hydrogen) atoms. The number of rotatable bonds is 6. The molecule has 1 aromatic carbocycles. The van der Waals surface area contributed by atoms with Gasteiger partial charge in [0.2, 0.25) is 5.91 Å². The number of carbonyl (C=O) groups excluding carboxylic acids is 1. The average molecular weight is 321 g/mol. The van der Waals surface area contributed by atoms with Crippen LogP contribution in [0.2, 0.25) is 0 Å². The first-order valence-electron chi connectivity index (χ1n) is 7.02. The van der Waals surface area contributed by atoms with Crippen LogP contribution in [-0.2, 0) is 11.3 Å². The summed E-state index contributed by atoms with van der Waals surface area (Å²) in [5, 5.41) is 16.4. The van der Waals surface area contributed by atoms with Crippen LogP contribution in [0.5, 0.6) is 11.5 Å². The van der Waals surface area contributed by atoms with E-state index in [1.165, 1.54) is 20.4 Å². The summed E-state index contributed by atoms with van der Waals surface area (Å²) in [7, 11) is 2.92. The number of aliphatic hydroxyl groups excluding tert-OH is 1. The number of benzene rings is 1. The van der Waals surface area contributed by atoms with E-state index in [9.17, 15) is 9.59 Å². The lowest BCUT2D eigenvalue weighted by atomic mass is 10.1. The summed E-state index contributed by atoms with van der Waals surface area (Å²) in [4.78, 5) is 24.5. The van der Waals surface area contributed by atoms with Gasteiger partial charge in [0.15, 0.2) is 11.5 Å². The molecule has 1 amide bonds. The van der Waals surface area contributed by atoms with Gasteiger partial charge in [0, 0.05) is 11.4 Å². The topological polar surface area (TPSA) is 103 Å². The first kappa shape index (κ1) is 16.8. The van der Waals surface area contributed by atoms with Gasteiger partial charge >= 0.3 is 0 Å². The molecule has 1 heterocycles. The van der Waals surface area contributed by atoms with Crippen LogP contribution >= 0.6 is 0 Å². The van der Waals surface area contributed by atoms with Gasteiger partial charge in [-0.1, -0.05) is 0 Å². The van der Waals surface area contributed by atoms with Crippen molar-refractivity contribution in [3.05, 3.63) is 28.7 Å². The molecule has 0 bridgehead atoms. The highest BCUT2D eigenvalue weighted by atomic mass is 16.5. The number of carbonyl (C=O) groups is 1. The Balaban J connectivity index is 2.45. The van der Waals surface area contributed by atoms with Gasteiger partial charge in [0.25, 0.3) is 5.56 Å². The number of fused-ring (bicyclic) bond motifs is 1. The van der Waals surface area contributed by atoms with Crippen molar-refractivity contribution in [2.45, 2.75) is 19.5 Å². The normalized spacial score (nSPS) is 12.0. The molecular weight excluding hydrogens is 302 g/mol. The van der Waals surface area contributed by atoms with E-state index in [1.807, 2.05) is 0 Å². The number of amides is 1. The van der Waals surface area contributed by atoms with E-state index in [2.05, 4.69) is 10.4 Å². The Hall–Kier alpha value is -2.61. The molecule has 8 nitrogen and oxygen atoms in total. The fraction of sp³-hybridized carbons (Fsp3) is 0.400. The molecule has 8 heteroatoms. The Bertz CT molecular complexity index is 772. The van der Waals surface area contributed by atoms with E-state index in [-0.39, 0.29) is 13.2 Å². The molecule has 0 unspecified atom stereocenters. The molecule has 0 radical (unpaired) electrons. The molecule has 0 saturated carbocycles. The lowest BCUT2D eigenvalue weighted by Gasteiger charge is -2.13. The minimum Gasteiger partial charge on any atom is -0.493 e. The van der Waals surface area contributed by atoms with Gasteiger partial charge in [-0.25, -0.2) is 4.68 Å². The fourth-order valence-corrected chi connectivity index (χ4v) is 2.20. The van der Waals surface area contributed by atoms with E-state index in [1.54, 1.807) is 19.1 Å². The smallest absolute Gasteiger partial charge is 0.279 e. The maximum atomic E-state index is 12.6. The monoisotopic (exact) mass is 321 g/mol. The second kappa shape index (κ2) is 7.10. The molecule has 0 spiro atoms. The average Bonchev–Trinajstić information content (AvgIpc) is 2.56. The number of methoxy groups -OCH3 is 2. The van der Waals surface area contributed by atoms with Crippen molar-refractivity contribution in [2.24, 2.45) is 0 Å². The zero-order valence-corrected chi connectivity index (χ0v) is 13.2. The number of aromatic nitrogens is 2. The molecule has 0 fully saturated rings. The summed E-state index contributed by atoms with van der Waals surface area (Å²) in [6, 6.07) is 2.99. The van der Waals surface area contributed by atoms with Crippen molar-refractivity contribution in [1.82, 2.24) is 15.1 Å². The summed E-state index contributed by atoms with van der Waals surface area (Å²) >= 11 is 0. The summed E-state index contributed by atoms with van der Waals surface area (Å²) in [6.07, 6.45) is 1.49. The van der Waals surface area contributed by atoms with Crippen molar-refractivity contribution in [3.63, 3.8) is 0 Å². The number of nitrogens with one attached hydrogen (secondary N) is 1. The quantitative estimate of drug-likeness (QED) is 0.771. The maximum Gasteiger partial charge on any atom is 0.279 e. The molecule has 0 aliphatic rings. The van der Waals surface area contributed by atoms with E-state index in [0.717, 1.165) is 4.68 Å². The van der Waals surface area contributed by atoms with Gasteiger partial charge in [0.05, 0.1) is 32.4 Å². The van der Waals surface area contributed by atoms with E-state index < -0.39 is 17.5 Å². The highest BCUT2D eigenvalue weighted by Gasteiger charge is 2.16. The fourth-order valence-electron chi connectivity index (χ4n) is 2.20. The van der Waals surface area contributed by atoms with Gasteiger partial charge in [-0.15, -0.1) is 0 Å². The van der Waals surface area contributed by atoms with Crippen LogP contribution in [0, 0.1) is 0 Å². The number of aliphatic hydroxyl groups is 1. The summed E-state index contributed by atoms with van der Waals surface area (Å²) in [5.41, 5.74) is -0.454. The third-order valence-electron chi connectivity index (χ3n) is 3.34. The molecule has 0 aliphatic carbocycles. The summed E-state index contributed by atoms with van der Waals surface area (Å²) < 4.78 is 11.5. The number of hydrogen-bond acceptors (Lipinski definition) is 6. The zero-order valence-electron chi connectivity index (χ0n) is 13.2. The van der Waals surface area contributed by atoms with Crippen LogP contribution in [0.15, 0.2) is 23.1 Å². The Morgan fingerprint density at radius 2 is 2.13 bits per heavy atom. The predicted octanol–water partition coefficient (Wildman–Crippen LogP) is -0.0893. The van der Waals surface area contributed by atoms with Crippen LogP contribution in [0.3, 0.4) is 0 Å². The minimum atomic E-state index is -0.454. The number of ether oxygens (including phenoxy) is 2. The summed E-state index contributed by atoms with van der Waals surface area (Å²) in [5.74, 6) is 0.311. The van der Waals surface area contributed by atoms with Crippen LogP contribution < -0.4 is 20.3 Å². The molecule has 124 valence electrons. The number of hydrogen-bond donors (Lipinski definition) is 2. The maximum absolute atomic E-state index is 12.6. The standard InChI is InChI=1S/C15H19N3O5/c1-9(8-19)17-12(20)7-18-15(21)13-10(6-16-18)4-5-11(22-2)14(13)23-3/h4-6,9,19H,7-8H2,1-3H3,(H,17,20)/t9-/m0/s1. The Morgan fingerprint density at radius 3 is 2.74 bits per heavy atom. The predicted molar refractivity (Wildman–Crippen MR) is 83.8 cm³/mol. The van der Waals surface area contributed by atoms with Crippen LogP contribution in [0.1, 0.15) is 6.92 Å². The Morgan fingerprint density at radius 1 is 1.39 bits per heavy atom. The van der Waals surface area contributed by atoms with Crippen LogP contribution in [-0.4, -0.2) is 47.7 Å². The van der Waals surface area contributed by atoms with Crippen LogP contribution in [0.25, 0.3) is 10.8 Å². The number of nitrogens with zero attached hydrogens (tertiary/aromatic N) is 2. The molecule has 2 rings (SSSR count). The van der Waals surface area contributed by atoms with Crippen molar-refractivity contribution in [1.29, 1.82) is 0 Å². The van der Waals surface area contributed by atoms with Gasteiger partial charge in [-0.3, -0.25) is 9.59 Å². The van der Waals surface area contributed by atoms with E-state index in [4.69, 9.17) is 14.6 Å². The molecule has 0 aliphatic heterocycles. The first-order valence-corrected chi connectivity index (χ1v) is 7.02. The van der Waals surface area contributed by atoms with Gasteiger partial charge in [0.1, 0.15) is 6.54 Å². The second-order valence-corrected chi connectivity index (χ2v) is 5.02. The highest BCUT2D eigenvalue weighted by molar-refractivity contribution is 5.89. The van der Waals surface area contributed by atoms with Crippen molar-refractivity contribution in [3.8, 4) is 11.5 Å². The second-order valence-electron chi connectivity index (χ2n) is 5.02. The van der Waals surface area contributed by atoms with Crippen LogP contribution in [0.4, 0.5) is 0 Å². The minimum absolute atomic E-state index is 0.184. The van der Waals surface area contributed by atoms with Gasteiger partial charge in [-0.05, 0) is 19.1 Å². The lowest BCUT2D eigenvalue weighted by Crippen LogP contribution is -2.39. The Labute approximate surface area is 132 Å².